The summed E-state index contributed by atoms with van der Waals surface area (Å²) < 4.78 is 14.3. The summed E-state index contributed by atoms with van der Waals surface area (Å²) >= 11 is 2.93. The average Bonchev–Trinajstić information content (AvgIpc) is 3.42. The maximum Gasteiger partial charge on any atom is 0.263 e. The number of likely N-dealkylation sites (N-methyl/N-ethyl adjacent to an activating group) is 1. The first kappa shape index (κ1) is 21.8. The Hall–Kier alpha value is -3.37. The molecular weight excluding hydrogens is 451 g/mol. The van der Waals surface area contributed by atoms with Gasteiger partial charge in [0, 0.05) is 28.6 Å². The lowest BCUT2D eigenvalue weighted by molar-refractivity contribution is -0.133. The third kappa shape index (κ3) is 4.46. The van der Waals surface area contributed by atoms with Crippen molar-refractivity contribution >= 4 is 50.4 Å². The number of anilines is 1. The number of amides is 2. The Balaban J connectivity index is 1.51. The number of thiophene rings is 2. The molecule has 1 aromatic carbocycles. The monoisotopic (exact) mass is 470 g/mol. The summed E-state index contributed by atoms with van der Waals surface area (Å²) in [5.41, 5.74) is 0.956. The Kier molecular flexibility index (Phi) is 6.15. The van der Waals surface area contributed by atoms with E-state index in [0.29, 0.717) is 21.7 Å². The molecule has 0 fully saturated rings. The number of aryl methyl sites for hydroxylation is 1. The van der Waals surface area contributed by atoms with Crippen LogP contribution in [0.15, 0.2) is 52.0 Å². The van der Waals surface area contributed by atoms with Crippen LogP contribution in [-0.2, 0) is 16.1 Å². The van der Waals surface area contributed by atoms with E-state index in [-0.39, 0.29) is 18.6 Å². The van der Waals surface area contributed by atoms with Gasteiger partial charge >= 0.3 is 0 Å². The maximum atomic E-state index is 13.2. The van der Waals surface area contributed by atoms with E-state index in [1.165, 1.54) is 63.5 Å². The van der Waals surface area contributed by atoms with Crippen LogP contribution in [0.5, 0.6) is 0 Å². The smallest absolute Gasteiger partial charge is 0.263 e. The van der Waals surface area contributed by atoms with Gasteiger partial charge in [-0.05, 0) is 42.6 Å². The summed E-state index contributed by atoms with van der Waals surface area (Å²) in [6, 6.07) is 9.19. The van der Waals surface area contributed by atoms with Gasteiger partial charge in [-0.25, -0.2) is 9.37 Å². The second-order valence-corrected chi connectivity index (χ2v) is 8.97. The van der Waals surface area contributed by atoms with Crippen molar-refractivity contribution in [3.8, 4) is 10.4 Å². The molecule has 4 rings (SSSR count). The predicted molar refractivity (Wildman–Crippen MR) is 125 cm³/mol. The third-order valence-electron chi connectivity index (χ3n) is 4.90. The molecule has 0 bridgehead atoms. The first-order chi connectivity index (χ1) is 15.3. The highest BCUT2D eigenvalue weighted by molar-refractivity contribution is 7.18. The minimum atomic E-state index is -0.428. The zero-order valence-corrected chi connectivity index (χ0v) is 18.9. The number of hydrogen-bond acceptors (Lipinski definition) is 6. The van der Waals surface area contributed by atoms with E-state index in [2.05, 4.69) is 10.3 Å². The number of halogens is 1. The summed E-state index contributed by atoms with van der Waals surface area (Å²) in [6.07, 6.45) is 0. The van der Waals surface area contributed by atoms with E-state index in [1.54, 1.807) is 6.92 Å². The molecule has 4 aromatic rings. The molecule has 1 N–H and O–H groups in total. The lowest BCUT2D eigenvalue weighted by atomic mass is 10.2. The molecule has 10 heteroatoms. The molecule has 0 aliphatic heterocycles. The number of rotatable bonds is 6. The lowest BCUT2D eigenvalue weighted by Gasteiger charge is -2.18. The summed E-state index contributed by atoms with van der Waals surface area (Å²) in [5, 5.41) is 6.94. The summed E-state index contributed by atoms with van der Waals surface area (Å²) in [4.78, 5) is 45.6. The van der Waals surface area contributed by atoms with E-state index in [4.69, 9.17) is 0 Å². The van der Waals surface area contributed by atoms with E-state index in [0.717, 1.165) is 10.4 Å². The first-order valence-corrected chi connectivity index (χ1v) is 11.4. The second kappa shape index (κ2) is 9.01. The highest BCUT2D eigenvalue weighted by Gasteiger charge is 2.20. The minimum absolute atomic E-state index is 0.210. The van der Waals surface area contributed by atoms with Gasteiger partial charge < -0.3 is 10.2 Å². The zero-order valence-electron chi connectivity index (χ0n) is 17.3. The van der Waals surface area contributed by atoms with Gasteiger partial charge in [-0.15, -0.1) is 22.7 Å². The van der Waals surface area contributed by atoms with Crippen LogP contribution in [0.25, 0.3) is 20.7 Å². The van der Waals surface area contributed by atoms with Crippen molar-refractivity contribution < 1.29 is 14.0 Å². The van der Waals surface area contributed by atoms with Gasteiger partial charge in [-0.1, -0.05) is 6.07 Å². The Labute approximate surface area is 190 Å². The highest BCUT2D eigenvalue weighted by Crippen LogP contribution is 2.33. The molecule has 2 amide bonds. The molecule has 164 valence electrons. The second-order valence-electron chi connectivity index (χ2n) is 7.16. The van der Waals surface area contributed by atoms with Gasteiger partial charge in [0.2, 0.25) is 11.8 Å². The number of fused-ring (bicyclic) bond motifs is 1. The maximum absolute atomic E-state index is 13.2. The van der Waals surface area contributed by atoms with Crippen LogP contribution in [-0.4, -0.2) is 39.9 Å². The highest BCUT2D eigenvalue weighted by atomic mass is 32.1. The van der Waals surface area contributed by atoms with Crippen LogP contribution >= 0.6 is 22.7 Å². The van der Waals surface area contributed by atoms with Crippen LogP contribution in [0.3, 0.4) is 0 Å². The van der Waals surface area contributed by atoms with Gasteiger partial charge in [0.1, 0.15) is 23.0 Å². The molecular formula is C22H19FN4O3S2. The molecule has 0 radical (unpaired) electrons. The number of carbonyl (C=O) groups excluding carboxylic acids is 2. The Morgan fingerprint density at radius 1 is 1.19 bits per heavy atom. The summed E-state index contributed by atoms with van der Waals surface area (Å²) in [5.74, 6) is -0.810. The molecule has 0 spiro atoms. The topological polar surface area (TPSA) is 84.3 Å². The largest absolute Gasteiger partial charge is 0.335 e. The van der Waals surface area contributed by atoms with Crippen molar-refractivity contribution in [2.24, 2.45) is 0 Å². The van der Waals surface area contributed by atoms with Crippen molar-refractivity contribution in [2.75, 3.05) is 18.9 Å². The molecule has 32 heavy (non-hydrogen) atoms. The summed E-state index contributed by atoms with van der Waals surface area (Å²) in [7, 11) is 1.49. The van der Waals surface area contributed by atoms with Crippen molar-refractivity contribution in [1.29, 1.82) is 0 Å². The fourth-order valence-corrected chi connectivity index (χ4v) is 5.02. The molecule has 3 aromatic heterocycles. The molecule has 3 heterocycles. The molecule has 0 aliphatic carbocycles. The van der Waals surface area contributed by atoms with Crippen LogP contribution in [0.4, 0.5) is 10.1 Å². The normalized spacial score (nSPS) is 11.0. The van der Waals surface area contributed by atoms with Crippen molar-refractivity contribution in [3.05, 3.63) is 69.2 Å². The number of hydrogen-bond donors (Lipinski definition) is 1. The van der Waals surface area contributed by atoms with E-state index in [1.807, 2.05) is 22.9 Å². The minimum Gasteiger partial charge on any atom is -0.335 e. The Morgan fingerprint density at radius 3 is 2.62 bits per heavy atom. The van der Waals surface area contributed by atoms with Gasteiger partial charge in [0.25, 0.3) is 5.56 Å². The van der Waals surface area contributed by atoms with E-state index in [9.17, 15) is 18.8 Å². The van der Waals surface area contributed by atoms with Crippen LogP contribution in [0.1, 0.15) is 5.82 Å². The van der Waals surface area contributed by atoms with Gasteiger partial charge in [-0.2, -0.15) is 0 Å². The first-order valence-electron chi connectivity index (χ1n) is 9.65. The molecule has 0 aliphatic rings. The quantitative estimate of drug-likeness (QED) is 0.465. The summed E-state index contributed by atoms with van der Waals surface area (Å²) in [6.45, 7) is 1.24. The molecule has 0 saturated carbocycles. The fraction of sp³-hybridized carbons (Fsp3) is 0.182. The van der Waals surface area contributed by atoms with Crippen molar-refractivity contribution in [1.82, 2.24) is 14.5 Å². The fourth-order valence-electron chi connectivity index (χ4n) is 3.22. The zero-order chi connectivity index (χ0) is 22.8. The Bertz CT molecular complexity index is 1340. The number of benzene rings is 1. The van der Waals surface area contributed by atoms with Crippen LogP contribution in [0.2, 0.25) is 0 Å². The van der Waals surface area contributed by atoms with Crippen LogP contribution in [0, 0.1) is 12.7 Å². The van der Waals surface area contributed by atoms with Crippen molar-refractivity contribution in [3.63, 3.8) is 0 Å². The Morgan fingerprint density at radius 2 is 1.94 bits per heavy atom. The molecule has 0 unspecified atom stereocenters. The third-order valence-corrected chi connectivity index (χ3v) is 6.67. The number of aromatic nitrogens is 2. The number of nitrogens with one attached hydrogen (secondary N) is 1. The molecule has 0 saturated heterocycles. The van der Waals surface area contributed by atoms with Crippen molar-refractivity contribution in [2.45, 2.75) is 13.5 Å². The van der Waals surface area contributed by atoms with Crippen LogP contribution < -0.4 is 10.9 Å². The average molecular weight is 471 g/mol. The molecule has 7 nitrogen and oxygen atoms in total. The number of nitrogens with zero attached hydrogens (tertiary/aromatic N) is 3. The lowest BCUT2D eigenvalue weighted by Crippen LogP contribution is -2.39. The van der Waals surface area contributed by atoms with Gasteiger partial charge in [-0.3, -0.25) is 19.0 Å². The standard InChI is InChI=1S/C22H19FN4O3S2/c1-13-24-21-20(16(12-32-21)17-4-3-9-31-17)22(30)27(13)11-19(29)26(2)10-18(28)25-15-7-5-14(23)6-8-15/h3-9,12H,10-11H2,1-2H3,(H,25,28). The van der Waals surface area contributed by atoms with Gasteiger partial charge in [0.05, 0.1) is 11.9 Å². The number of carbonyl (C=O) groups is 2. The van der Waals surface area contributed by atoms with Gasteiger partial charge in [0.15, 0.2) is 0 Å². The predicted octanol–water partition coefficient (Wildman–Crippen LogP) is 3.73. The van der Waals surface area contributed by atoms with E-state index >= 15 is 0 Å². The molecule has 0 atom stereocenters. The van der Waals surface area contributed by atoms with E-state index < -0.39 is 17.6 Å². The SMILES string of the molecule is Cc1nc2scc(-c3cccs3)c2c(=O)n1CC(=O)N(C)CC(=O)Nc1ccc(F)cc1.